The Morgan fingerprint density at radius 3 is 2.72 bits per heavy atom. The second-order valence-corrected chi connectivity index (χ2v) is 5.80. The Balaban J connectivity index is 2.02. The van der Waals surface area contributed by atoms with E-state index >= 15 is 0 Å². The fourth-order valence-electron chi connectivity index (χ4n) is 2.57. The van der Waals surface area contributed by atoms with Crippen molar-refractivity contribution in [2.75, 3.05) is 30.5 Å². The van der Waals surface area contributed by atoms with Crippen LogP contribution >= 0.6 is 11.8 Å². The first-order valence-corrected chi connectivity index (χ1v) is 7.81. The number of nitrogens with two attached hydrogens (primary N) is 1. The molecule has 2 rings (SSSR count). The van der Waals surface area contributed by atoms with Crippen molar-refractivity contribution in [1.82, 2.24) is 9.97 Å². The lowest BCUT2D eigenvalue weighted by Crippen LogP contribution is -2.27. The Bertz CT molecular complexity index is 391. The van der Waals surface area contributed by atoms with Crippen LogP contribution in [0.3, 0.4) is 0 Å². The number of nitrogen functional groups attached to an aromatic ring is 1. The molecule has 1 heterocycles. The van der Waals surface area contributed by atoms with E-state index in [0.717, 1.165) is 23.4 Å². The molecule has 0 aromatic carbocycles. The highest BCUT2D eigenvalue weighted by Gasteiger charge is 2.16. The van der Waals surface area contributed by atoms with E-state index in [9.17, 15) is 0 Å². The van der Waals surface area contributed by atoms with Gasteiger partial charge in [-0.15, -0.1) is 0 Å². The van der Waals surface area contributed by atoms with Gasteiger partial charge in [0.15, 0.2) is 5.16 Å². The zero-order valence-corrected chi connectivity index (χ0v) is 12.0. The molecule has 100 valence electrons. The number of rotatable bonds is 4. The zero-order valence-electron chi connectivity index (χ0n) is 11.2. The number of hydrogen-bond donors (Lipinski definition) is 1. The average Bonchev–Trinajstić information content (AvgIpc) is 2.39. The topological polar surface area (TPSA) is 55.0 Å². The van der Waals surface area contributed by atoms with Crippen LogP contribution in [0.2, 0.25) is 0 Å². The predicted octanol–water partition coefficient (Wildman–Crippen LogP) is 2.80. The standard InChI is InChI=1S/C13H22N4S/c1-17(9-10-6-4-3-5-7-10)12-8-11(14)15-13(16-12)18-2/h8,10H,3-7,9H2,1-2H3,(H2,14,15,16). The molecule has 0 spiro atoms. The van der Waals surface area contributed by atoms with Crippen LogP contribution in [0, 0.1) is 5.92 Å². The molecule has 5 heteroatoms. The molecule has 0 saturated heterocycles. The molecule has 0 amide bonds. The van der Waals surface area contributed by atoms with Gasteiger partial charge in [0.25, 0.3) is 0 Å². The second kappa shape index (κ2) is 6.27. The molecular weight excluding hydrogens is 244 g/mol. The zero-order chi connectivity index (χ0) is 13.0. The highest BCUT2D eigenvalue weighted by molar-refractivity contribution is 7.98. The van der Waals surface area contributed by atoms with E-state index in [1.165, 1.54) is 43.9 Å². The van der Waals surface area contributed by atoms with E-state index in [0.29, 0.717) is 5.82 Å². The van der Waals surface area contributed by atoms with Crippen LogP contribution < -0.4 is 10.6 Å². The minimum atomic E-state index is 0.555. The van der Waals surface area contributed by atoms with Crippen LogP contribution in [-0.4, -0.2) is 29.8 Å². The molecular formula is C13H22N4S. The van der Waals surface area contributed by atoms with Gasteiger partial charge in [-0.2, -0.15) is 0 Å². The molecule has 1 aliphatic carbocycles. The summed E-state index contributed by atoms with van der Waals surface area (Å²) in [5.74, 6) is 2.30. The van der Waals surface area contributed by atoms with Crippen molar-refractivity contribution in [3.63, 3.8) is 0 Å². The molecule has 0 radical (unpaired) electrons. The van der Waals surface area contributed by atoms with Gasteiger partial charge in [-0.25, -0.2) is 9.97 Å². The van der Waals surface area contributed by atoms with Crippen molar-refractivity contribution < 1.29 is 0 Å². The summed E-state index contributed by atoms with van der Waals surface area (Å²) in [7, 11) is 2.10. The van der Waals surface area contributed by atoms with Crippen molar-refractivity contribution in [3.05, 3.63) is 6.07 Å². The summed E-state index contributed by atoms with van der Waals surface area (Å²) in [6, 6.07) is 1.86. The van der Waals surface area contributed by atoms with Gasteiger partial charge in [0, 0.05) is 19.7 Å². The molecule has 0 atom stereocenters. The summed E-state index contributed by atoms with van der Waals surface area (Å²) in [6.45, 7) is 1.07. The van der Waals surface area contributed by atoms with Crippen molar-refractivity contribution in [3.8, 4) is 0 Å². The molecule has 0 aliphatic heterocycles. The van der Waals surface area contributed by atoms with E-state index in [4.69, 9.17) is 5.73 Å². The number of anilines is 2. The smallest absolute Gasteiger partial charge is 0.191 e. The third-order valence-corrected chi connectivity index (χ3v) is 4.09. The summed E-state index contributed by atoms with van der Waals surface area (Å²) in [5.41, 5.74) is 5.81. The van der Waals surface area contributed by atoms with Gasteiger partial charge in [-0.3, -0.25) is 0 Å². The van der Waals surface area contributed by atoms with E-state index in [2.05, 4.69) is 21.9 Å². The van der Waals surface area contributed by atoms with Gasteiger partial charge >= 0.3 is 0 Å². The number of hydrogen-bond acceptors (Lipinski definition) is 5. The molecule has 1 aromatic heterocycles. The maximum atomic E-state index is 5.81. The third-order valence-electron chi connectivity index (χ3n) is 3.54. The summed E-state index contributed by atoms with van der Waals surface area (Å²) < 4.78 is 0. The van der Waals surface area contributed by atoms with Crippen molar-refractivity contribution in [2.24, 2.45) is 5.92 Å². The SMILES string of the molecule is CSc1nc(N)cc(N(C)CC2CCCCC2)n1. The van der Waals surface area contributed by atoms with Gasteiger partial charge in [-0.05, 0) is 25.0 Å². The minimum Gasteiger partial charge on any atom is -0.383 e. The van der Waals surface area contributed by atoms with Gasteiger partial charge in [0.2, 0.25) is 0 Å². The van der Waals surface area contributed by atoms with Gasteiger partial charge in [0.1, 0.15) is 11.6 Å². The Morgan fingerprint density at radius 1 is 1.33 bits per heavy atom. The first-order valence-electron chi connectivity index (χ1n) is 6.58. The highest BCUT2D eigenvalue weighted by atomic mass is 32.2. The minimum absolute atomic E-state index is 0.555. The molecule has 0 bridgehead atoms. The molecule has 2 N–H and O–H groups in total. The summed E-state index contributed by atoms with van der Waals surface area (Å²) in [6.07, 6.45) is 8.82. The molecule has 1 fully saturated rings. The average molecular weight is 266 g/mol. The molecule has 1 saturated carbocycles. The summed E-state index contributed by atoms with van der Waals surface area (Å²) in [4.78, 5) is 10.9. The lowest BCUT2D eigenvalue weighted by Gasteiger charge is -2.27. The maximum Gasteiger partial charge on any atom is 0.191 e. The lowest BCUT2D eigenvalue weighted by molar-refractivity contribution is 0.361. The second-order valence-electron chi connectivity index (χ2n) is 5.02. The van der Waals surface area contributed by atoms with Crippen molar-refractivity contribution >= 4 is 23.4 Å². The van der Waals surface area contributed by atoms with E-state index in [-0.39, 0.29) is 0 Å². The Morgan fingerprint density at radius 2 is 2.06 bits per heavy atom. The maximum absolute atomic E-state index is 5.81. The molecule has 4 nitrogen and oxygen atoms in total. The Hall–Kier alpha value is -0.970. The van der Waals surface area contributed by atoms with Crippen molar-refractivity contribution in [1.29, 1.82) is 0 Å². The van der Waals surface area contributed by atoms with Crippen LogP contribution in [0.25, 0.3) is 0 Å². The first-order chi connectivity index (χ1) is 8.69. The quantitative estimate of drug-likeness (QED) is 0.671. The van der Waals surface area contributed by atoms with Crippen LogP contribution in [0.5, 0.6) is 0 Å². The fraction of sp³-hybridized carbons (Fsp3) is 0.692. The van der Waals surface area contributed by atoms with E-state index in [1.807, 2.05) is 12.3 Å². The van der Waals surface area contributed by atoms with E-state index in [1.54, 1.807) is 0 Å². The van der Waals surface area contributed by atoms with Gasteiger partial charge in [0.05, 0.1) is 0 Å². The van der Waals surface area contributed by atoms with Crippen LogP contribution in [-0.2, 0) is 0 Å². The predicted molar refractivity (Wildman–Crippen MR) is 78.1 cm³/mol. The highest BCUT2D eigenvalue weighted by Crippen LogP contribution is 2.26. The summed E-state index contributed by atoms with van der Waals surface area (Å²) in [5, 5.41) is 0.750. The fourth-order valence-corrected chi connectivity index (χ4v) is 2.95. The van der Waals surface area contributed by atoms with Crippen LogP contribution in [0.1, 0.15) is 32.1 Å². The van der Waals surface area contributed by atoms with Crippen molar-refractivity contribution in [2.45, 2.75) is 37.3 Å². The van der Waals surface area contributed by atoms with E-state index < -0.39 is 0 Å². The van der Waals surface area contributed by atoms with Crippen LogP contribution in [0.15, 0.2) is 11.2 Å². The normalized spacial score (nSPS) is 16.8. The number of nitrogens with zero attached hydrogens (tertiary/aromatic N) is 3. The van der Waals surface area contributed by atoms with Crippen LogP contribution in [0.4, 0.5) is 11.6 Å². The number of aromatic nitrogens is 2. The Kier molecular flexibility index (Phi) is 4.69. The van der Waals surface area contributed by atoms with Gasteiger partial charge in [-0.1, -0.05) is 31.0 Å². The largest absolute Gasteiger partial charge is 0.383 e. The number of thioether (sulfide) groups is 1. The lowest BCUT2D eigenvalue weighted by atomic mass is 9.89. The third kappa shape index (κ3) is 3.51. The molecule has 1 aromatic rings. The molecule has 0 unspecified atom stereocenters. The summed E-state index contributed by atoms with van der Waals surface area (Å²) >= 11 is 1.53. The molecule has 1 aliphatic rings. The Labute approximate surface area is 113 Å². The monoisotopic (exact) mass is 266 g/mol. The van der Waals surface area contributed by atoms with Gasteiger partial charge < -0.3 is 10.6 Å². The molecule has 18 heavy (non-hydrogen) atoms. The first kappa shape index (κ1) is 13.5.